The number of nitrogens with zero attached hydrogens (tertiary/aromatic N) is 4. The summed E-state index contributed by atoms with van der Waals surface area (Å²) in [4.78, 5) is 59.3. The molecule has 0 spiro atoms. The number of carbonyl (C=O) groups is 4. The number of esters is 2. The van der Waals surface area contributed by atoms with E-state index in [0.717, 1.165) is 50.9 Å². The normalized spacial score (nSPS) is 19.3. The Hall–Kier alpha value is -3.97. The summed E-state index contributed by atoms with van der Waals surface area (Å²) in [6.45, 7) is 3.98. The number of ether oxygens (including phenoxy) is 2. The number of nitrogen functional groups attached to an aromatic ring is 1. The second-order valence-corrected chi connectivity index (χ2v) is 12.8. The maximum Gasteiger partial charge on any atom is 0.434 e. The van der Waals surface area contributed by atoms with Crippen molar-refractivity contribution in [3.8, 4) is 0 Å². The third-order valence-electron chi connectivity index (χ3n) is 5.85. The van der Waals surface area contributed by atoms with Crippen LogP contribution in [0.5, 0.6) is 0 Å². The topological polar surface area (TPSA) is 186 Å². The Bertz CT molecular complexity index is 1540. The number of amides is 2. The average molecular weight is 661 g/mol. The van der Waals surface area contributed by atoms with E-state index in [1.807, 2.05) is 0 Å². The molecule has 1 fully saturated rings. The SMILES string of the molecule is CC(C)(C)C(=O)OCOC(=O)C1=C(C=Cc2scnc2C(F)(F)F)CS[C@@H]2C(NC(=O)C(=NO)c3csc(N)n3)C(=O)N12. The van der Waals surface area contributed by atoms with Crippen molar-refractivity contribution in [3.05, 3.63) is 44.5 Å². The second-order valence-electron chi connectivity index (χ2n) is 9.88. The van der Waals surface area contributed by atoms with Gasteiger partial charge in [0, 0.05) is 11.1 Å². The summed E-state index contributed by atoms with van der Waals surface area (Å²) in [5, 5.41) is 15.4. The molecule has 1 unspecified atom stereocenters. The van der Waals surface area contributed by atoms with Crippen LogP contribution >= 0.6 is 34.4 Å². The van der Waals surface area contributed by atoms with Gasteiger partial charge in [-0.25, -0.2) is 14.8 Å². The van der Waals surface area contributed by atoms with Crippen LogP contribution in [0.15, 0.2) is 33.4 Å². The van der Waals surface area contributed by atoms with Gasteiger partial charge in [-0.1, -0.05) is 11.2 Å². The summed E-state index contributed by atoms with van der Waals surface area (Å²) >= 11 is 2.84. The minimum Gasteiger partial charge on any atom is -0.427 e. The number of β-lactam (4-membered cyclic amide) rings is 1. The number of fused-ring (bicyclic) bond motifs is 1. The van der Waals surface area contributed by atoms with Crippen LogP contribution in [-0.4, -0.2) is 73.5 Å². The summed E-state index contributed by atoms with van der Waals surface area (Å²) in [5.41, 5.74) is 3.91. The average Bonchev–Trinajstić information content (AvgIpc) is 3.58. The van der Waals surface area contributed by atoms with Crippen LogP contribution in [0, 0.1) is 5.41 Å². The number of nitrogens with two attached hydrogens (primary N) is 1. The number of aromatic nitrogens is 2. The highest BCUT2D eigenvalue weighted by Gasteiger charge is 2.54. The molecule has 230 valence electrons. The van der Waals surface area contributed by atoms with E-state index >= 15 is 0 Å². The molecule has 2 amide bonds. The predicted molar refractivity (Wildman–Crippen MR) is 150 cm³/mol. The van der Waals surface area contributed by atoms with Crippen molar-refractivity contribution in [3.63, 3.8) is 0 Å². The highest BCUT2D eigenvalue weighted by molar-refractivity contribution is 8.00. The number of hydrogen-bond acceptors (Lipinski definition) is 14. The fourth-order valence-corrected chi connectivity index (χ4v) is 6.33. The van der Waals surface area contributed by atoms with E-state index in [1.165, 1.54) is 11.5 Å². The maximum atomic E-state index is 13.3. The number of thioether (sulfide) groups is 1. The molecule has 19 heteroatoms. The molecular formula is C24H23F3N6O7S3. The molecule has 2 aliphatic heterocycles. The summed E-state index contributed by atoms with van der Waals surface area (Å²) in [5.74, 6) is -3.42. The number of halogens is 3. The summed E-state index contributed by atoms with van der Waals surface area (Å²) in [7, 11) is 0. The molecule has 4 rings (SSSR count). The first kappa shape index (κ1) is 32.0. The molecule has 13 nitrogen and oxygen atoms in total. The molecule has 1 saturated heterocycles. The van der Waals surface area contributed by atoms with Crippen molar-refractivity contribution in [1.82, 2.24) is 20.2 Å². The molecular weight excluding hydrogens is 637 g/mol. The summed E-state index contributed by atoms with van der Waals surface area (Å²) < 4.78 is 50.0. The largest absolute Gasteiger partial charge is 0.434 e. The lowest BCUT2D eigenvalue weighted by Crippen LogP contribution is -2.71. The third kappa shape index (κ3) is 6.83. The predicted octanol–water partition coefficient (Wildman–Crippen LogP) is 2.84. The Morgan fingerprint density at radius 1 is 1.23 bits per heavy atom. The number of oxime groups is 1. The first-order valence-electron chi connectivity index (χ1n) is 12.1. The number of alkyl halides is 3. The van der Waals surface area contributed by atoms with Crippen LogP contribution in [-0.2, 0) is 34.8 Å². The number of allylic oxidation sites excluding steroid dienone is 1. The molecule has 2 aliphatic rings. The van der Waals surface area contributed by atoms with Gasteiger partial charge in [0.15, 0.2) is 16.5 Å². The molecule has 43 heavy (non-hydrogen) atoms. The van der Waals surface area contributed by atoms with Crippen LogP contribution in [0.1, 0.15) is 37.0 Å². The molecule has 0 radical (unpaired) electrons. The van der Waals surface area contributed by atoms with E-state index < -0.39 is 65.0 Å². The van der Waals surface area contributed by atoms with Crippen molar-refractivity contribution in [2.24, 2.45) is 10.6 Å². The van der Waals surface area contributed by atoms with Crippen molar-refractivity contribution in [2.75, 3.05) is 18.3 Å². The van der Waals surface area contributed by atoms with E-state index in [4.69, 9.17) is 15.2 Å². The highest BCUT2D eigenvalue weighted by atomic mass is 32.2. The summed E-state index contributed by atoms with van der Waals surface area (Å²) in [6, 6.07) is -1.17. The first-order valence-corrected chi connectivity index (χ1v) is 14.9. The van der Waals surface area contributed by atoms with E-state index in [9.17, 15) is 37.6 Å². The van der Waals surface area contributed by atoms with Gasteiger partial charge in [-0.3, -0.25) is 19.3 Å². The van der Waals surface area contributed by atoms with Crippen LogP contribution < -0.4 is 11.1 Å². The maximum absolute atomic E-state index is 13.3. The highest BCUT2D eigenvalue weighted by Crippen LogP contribution is 2.42. The molecule has 2 aromatic rings. The number of nitrogens with one attached hydrogen (secondary N) is 1. The van der Waals surface area contributed by atoms with Gasteiger partial charge in [-0.2, -0.15) is 13.2 Å². The monoisotopic (exact) mass is 660 g/mol. The third-order valence-corrected chi connectivity index (χ3v) is 8.62. The number of carbonyl (C=O) groups excluding carboxylic acids is 4. The van der Waals surface area contributed by atoms with E-state index in [1.54, 1.807) is 20.8 Å². The molecule has 0 saturated carbocycles. The quantitative estimate of drug-likeness (QED) is 0.0944. The van der Waals surface area contributed by atoms with Crippen LogP contribution in [0.2, 0.25) is 0 Å². The van der Waals surface area contributed by atoms with Gasteiger partial charge in [0.05, 0.1) is 15.8 Å². The zero-order valence-corrected chi connectivity index (χ0v) is 24.9. The van der Waals surface area contributed by atoms with Gasteiger partial charge in [0.2, 0.25) is 6.79 Å². The minimum absolute atomic E-state index is 0.0211. The molecule has 0 aliphatic carbocycles. The van der Waals surface area contributed by atoms with E-state index in [-0.39, 0.29) is 32.7 Å². The molecule has 2 aromatic heterocycles. The molecule has 2 atom stereocenters. The van der Waals surface area contributed by atoms with Gasteiger partial charge in [0.1, 0.15) is 22.8 Å². The Kier molecular flexibility index (Phi) is 9.16. The first-order chi connectivity index (χ1) is 20.1. The number of rotatable bonds is 8. The van der Waals surface area contributed by atoms with Gasteiger partial charge in [-0.05, 0) is 32.4 Å². The Balaban J connectivity index is 1.58. The lowest BCUT2D eigenvalue weighted by atomic mass is 9.98. The number of anilines is 1. The van der Waals surface area contributed by atoms with Gasteiger partial charge in [0.25, 0.3) is 11.8 Å². The van der Waals surface area contributed by atoms with Gasteiger partial charge < -0.3 is 25.7 Å². The zero-order valence-electron chi connectivity index (χ0n) is 22.5. The van der Waals surface area contributed by atoms with Crippen molar-refractivity contribution >= 4 is 75.1 Å². The van der Waals surface area contributed by atoms with Crippen molar-refractivity contribution in [2.45, 2.75) is 38.4 Å². The molecule has 4 N–H and O–H groups in total. The smallest absolute Gasteiger partial charge is 0.427 e. The molecule has 4 heterocycles. The van der Waals surface area contributed by atoms with E-state index in [2.05, 4.69) is 20.4 Å². The number of thiazole rings is 2. The Labute approximate surface area is 253 Å². The van der Waals surface area contributed by atoms with Gasteiger partial charge >= 0.3 is 18.1 Å². The van der Waals surface area contributed by atoms with Crippen molar-refractivity contribution in [1.29, 1.82) is 0 Å². The Morgan fingerprint density at radius 3 is 2.56 bits per heavy atom. The van der Waals surface area contributed by atoms with Crippen LogP contribution in [0.3, 0.4) is 0 Å². The van der Waals surface area contributed by atoms with Crippen LogP contribution in [0.4, 0.5) is 18.3 Å². The fourth-order valence-electron chi connectivity index (χ4n) is 3.76. The molecule has 0 aromatic carbocycles. The second kappa shape index (κ2) is 12.3. The lowest BCUT2D eigenvalue weighted by molar-refractivity contribution is -0.173. The van der Waals surface area contributed by atoms with Crippen molar-refractivity contribution < 1.29 is 47.0 Å². The number of hydrogen-bond donors (Lipinski definition) is 3. The van der Waals surface area contributed by atoms with E-state index in [0.29, 0.717) is 0 Å². The summed E-state index contributed by atoms with van der Waals surface area (Å²) in [6.07, 6.45) is -2.35. The lowest BCUT2D eigenvalue weighted by Gasteiger charge is -2.49. The standard InChI is InChI=1S/C24H23F3N6O7S3/c1-23(2,3)21(37)40-9-39-20(36)15-10(4-5-12-16(24(25,26)27)29-8-43-12)6-41-19-14(18(35)33(15)19)31-17(34)13(32-38)11-7-42-22(28)30-11/h4-5,7-8,14,19,38H,6,9H2,1-3H3,(H2,28,30)(H,31,34)/t14?,19-/m1/s1. The Morgan fingerprint density at radius 2 is 1.95 bits per heavy atom. The minimum atomic E-state index is -4.71. The zero-order chi connectivity index (χ0) is 31.7. The van der Waals surface area contributed by atoms with Crippen LogP contribution in [0.25, 0.3) is 6.08 Å². The van der Waals surface area contributed by atoms with Gasteiger partial charge in [-0.15, -0.1) is 34.4 Å². The fraction of sp³-hybridized carbons (Fsp3) is 0.375. The molecule has 0 bridgehead atoms.